The number of carbonyl (C=O) groups excluding carboxylic acids is 1. The van der Waals surface area contributed by atoms with E-state index in [1.165, 1.54) is 18.1 Å². The summed E-state index contributed by atoms with van der Waals surface area (Å²) in [7, 11) is 0. The molecule has 1 aromatic heterocycles. The number of nitrogen functional groups attached to an aromatic ring is 1. The van der Waals surface area contributed by atoms with Crippen LogP contribution in [0.25, 0.3) is 0 Å². The fourth-order valence-corrected chi connectivity index (χ4v) is 2.35. The van der Waals surface area contributed by atoms with Crippen LogP contribution in [0.1, 0.15) is 17.3 Å². The Hall–Kier alpha value is -2.62. The highest BCUT2D eigenvalue weighted by Gasteiger charge is 2.35. The Morgan fingerprint density at radius 1 is 1.35 bits per heavy atom. The van der Waals surface area contributed by atoms with Gasteiger partial charge in [-0.3, -0.25) is 15.6 Å². The fourth-order valence-electron chi connectivity index (χ4n) is 2.12. The number of rotatable bonds is 1. The van der Waals surface area contributed by atoms with Gasteiger partial charge in [0.05, 0.1) is 16.3 Å². The summed E-state index contributed by atoms with van der Waals surface area (Å²) in [5, 5.41) is 4.60. The van der Waals surface area contributed by atoms with Gasteiger partial charge >= 0.3 is 6.18 Å². The molecule has 3 rings (SSSR count). The largest absolute Gasteiger partial charge is 0.417 e. The van der Waals surface area contributed by atoms with Gasteiger partial charge in [0, 0.05) is 6.92 Å². The molecule has 0 amide bonds. The molecule has 0 radical (unpaired) electrons. The summed E-state index contributed by atoms with van der Waals surface area (Å²) in [4.78, 5) is 11.5. The number of halogens is 4. The Morgan fingerprint density at radius 2 is 2.04 bits per heavy atom. The van der Waals surface area contributed by atoms with Crippen LogP contribution in [-0.4, -0.2) is 15.7 Å². The summed E-state index contributed by atoms with van der Waals surface area (Å²) in [5.41, 5.74) is 10.6. The zero-order chi connectivity index (χ0) is 16.9. The molecule has 0 saturated heterocycles. The van der Waals surface area contributed by atoms with Crippen LogP contribution in [0.4, 0.5) is 36.2 Å². The van der Waals surface area contributed by atoms with Crippen molar-refractivity contribution in [1.82, 2.24) is 9.78 Å². The van der Waals surface area contributed by atoms with Crippen molar-refractivity contribution in [3.05, 3.63) is 28.8 Å². The van der Waals surface area contributed by atoms with E-state index in [2.05, 4.69) is 16.0 Å². The van der Waals surface area contributed by atoms with Gasteiger partial charge in [-0.05, 0) is 18.2 Å². The number of hydrogen-bond donors (Lipinski definition) is 3. The Bertz CT molecular complexity index is 803. The van der Waals surface area contributed by atoms with E-state index in [4.69, 9.17) is 17.3 Å². The van der Waals surface area contributed by atoms with Crippen molar-refractivity contribution in [2.75, 3.05) is 21.7 Å². The van der Waals surface area contributed by atoms with E-state index in [0.717, 1.165) is 16.8 Å². The minimum absolute atomic E-state index is 0.0372. The normalized spacial score (nSPS) is 13.5. The summed E-state index contributed by atoms with van der Waals surface area (Å²) >= 11 is 5.59. The van der Waals surface area contributed by atoms with Gasteiger partial charge in [0.25, 0.3) is 0 Å². The third kappa shape index (κ3) is 2.50. The minimum Gasteiger partial charge on any atom is -0.380 e. The Morgan fingerprint density at radius 3 is 2.65 bits per heavy atom. The average Bonchev–Trinajstić information content (AvgIpc) is 2.99. The molecule has 1 aliphatic rings. The van der Waals surface area contributed by atoms with E-state index < -0.39 is 22.7 Å². The van der Waals surface area contributed by atoms with Crippen molar-refractivity contribution in [3.63, 3.8) is 0 Å². The molecule has 122 valence electrons. The molecular formula is C12H10ClF3N6O. The number of nitrogens with two attached hydrogens (primary N) is 1. The second-order valence-corrected chi connectivity index (χ2v) is 5.17. The summed E-state index contributed by atoms with van der Waals surface area (Å²) in [6, 6.07) is 3.38. The van der Waals surface area contributed by atoms with Crippen molar-refractivity contribution < 1.29 is 18.0 Å². The van der Waals surface area contributed by atoms with Gasteiger partial charge in [-0.2, -0.15) is 23.0 Å². The quantitative estimate of drug-likeness (QED) is 0.735. The average molecular weight is 347 g/mol. The minimum atomic E-state index is -4.59. The predicted molar refractivity (Wildman–Crippen MR) is 79.1 cm³/mol. The Kier molecular flexibility index (Phi) is 3.29. The highest BCUT2D eigenvalue weighted by atomic mass is 35.5. The summed E-state index contributed by atoms with van der Waals surface area (Å²) in [5.74, 6) is -0.130. The zero-order valence-corrected chi connectivity index (χ0v) is 12.3. The van der Waals surface area contributed by atoms with E-state index in [1.54, 1.807) is 0 Å². The Balaban J connectivity index is 1.97. The lowest BCUT2D eigenvalue weighted by Gasteiger charge is -2.21. The number of hydrazine groups is 2. The lowest BCUT2D eigenvalue weighted by molar-refractivity contribution is -0.137. The molecule has 0 atom stereocenters. The predicted octanol–water partition coefficient (Wildman–Crippen LogP) is 2.97. The van der Waals surface area contributed by atoms with Gasteiger partial charge in [-0.15, -0.1) is 5.10 Å². The van der Waals surface area contributed by atoms with Crippen LogP contribution in [0.5, 0.6) is 0 Å². The topological polar surface area (TPSA) is 88.2 Å². The van der Waals surface area contributed by atoms with Gasteiger partial charge in [-0.1, -0.05) is 11.6 Å². The molecule has 0 saturated carbocycles. The van der Waals surface area contributed by atoms with Crippen molar-refractivity contribution in [2.45, 2.75) is 13.1 Å². The van der Waals surface area contributed by atoms with Gasteiger partial charge in [-0.25, -0.2) is 0 Å². The molecule has 0 fully saturated rings. The molecule has 0 spiro atoms. The number of nitrogens with one attached hydrogen (secondary N) is 2. The van der Waals surface area contributed by atoms with Crippen LogP contribution in [0.15, 0.2) is 18.2 Å². The van der Waals surface area contributed by atoms with Crippen LogP contribution in [0, 0.1) is 0 Å². The number of carbonyl (C=O) groups is 1. The van der Waals surface area contributed by atoms with Crippen molar-refractivity contribution in [1.29, 1.82) is 0 Å². The molecule has 2 heterocycles. The highest BCUT2D eigenvalue weighted by molar-refractivity contribution is 6.31. The zero-order valence-electron chi connectivity index (χ0n) is 11.6. The van der Waals surface area contributed by atoms with E-state index in [0.29, 0.717) is 5.69 Å². The summed E-state index contributed by atoms with van der Waals surface area (Å²) in [6.45, 7) is 1.28. The van der Waals surface area contributed by atoms with E-state index >= 15 is 0 Å². The third-order valence-corrected chi connectivity index (χ3v) is 3.50. The number of fused-ring (bicyclic) bond motifs is 1. The first-order valence-corrected chi connectivity index (χ1v) is 6.66. The fraction of sp³-hybridized carbons (Fsp3) is 0.167. The lowest BCUT2D eigenvalue weighted by atomic mass is 10.2. The molecule has 1 aromatic carbocycles. The maximum atomic E-state index is 12.9. The first kappa shape index (κ1) is 15.3. The van der Waals surface area contributed by atoms with Crippen LogP contribution >= 0.6 is 11.6 Å². The number of hydrogen-bond acceptors (Lipinski definition) is 6. The third-order valence-electron chi connectivity index (χ3n) is 3.17. The van der Waals surface area contributed by atoms with Crippen molar-refractivity contribution >= 4 is 40.5 Å². The summed E-state index contributed by atoms with van der Waals surface area (Å²) < 4.78 is 39.8. The maximum absolute atomic E-state index is 12.9. The number of nitrogens with zero attached hydrogens (tertiary/aromatic N) is 3. The maximum Gasteiger partial charge on any atom is 0.417 e. The number of alkyl halides is 3. The monoisotopic (exact) mass is 346 g/mol. The highest BCUT2D eigenvalue weighted by Crippen LogP contribution is 2.39. The molecule has 11 heteroatoms. The van der Waals surface area contributed by atoms with Crippen molar-refractivity contribution in [3.8, 4) is 0 Å². The molecular weight excluding hydrogens is 337 g/mol. The van der Waals surface area contributed by atoms with E-state index in [1.807, 2.05) is 0 Å². The smallest absolute Gasteiger partial charge is 0.380 e. The van der Waals surface area contributed by atoms with E-state index in [9.17, 15) is 18.0 Å². The van der Waals surface area contributed by atoms with Crippen LogP contribution in [0.2, 0.25) is 5.02 Å². The molecule has 0 bridgehead atoms. The van der Waals surface area contributed by atoms with Gasteiger partial charge in [0.15, 0.2) is 11.6 Å². The van der Waals surface area contributed by atoms with Crippen LogP contribution < -0.4 is 21.7 Å². The molecule has 1 aliphatic heterocycles. The molecule has 0 aliphatic carbocycles. The summed E-state index contributed by atoms with van der Waals surface area (Å²) in [6.07, 6.45) is -4.59. The lowest BCUT2D eigenvalue weighted by Crippen LogP contribution is -2.31. The van der Waals surface area contributed by atoms with Crippen LogP contribution in [0.3, 0.4) is 0 Å². The first-order chi connectivity index (χ1) is 10.7. The van der Waals surface area contributed by atoms with Gasteiger partial charge in [0.2, 0.25) is 5.91 Å². The van der Waals surface area contributed by atoms with Crippen LogP contribution in [-0.2, 0) is 6.18 Å². The van der Waals surface area contributed by atoms with Crippen molar-refractivity contribution in [2.24, 2.45) is 0 Å². The van der Waals surface area contributed by atoms with Gasteiger partial charge in [0.1, 0.15) is 5.69 Å². The number of aromatic nitrogens is 2. The number of anilines is 4. The standard InChI is InChI=1S/C12H10ClF3N6O/c1-5(23)21-11-9(10(17)19-21)18-22(20-11)6-2-3-8(13)7(4-6)12(14,15)16/h2-4,18,20H,1H3,(H2,17,19). The molecule has 0 unspecified atom stereocenters. The molecule has 23 heavy (non-hydrogen) atoms. The Labute approximate surface area is 132 Å². The van der Waals surface area contributed by atoms with Gasteiger partial charge < -0.3 is 5.73 Å². The SMILES string of the molecule is CC(=O)n1nc(N)c2c1NN(c1ccc(Cl)c(C(F)(F)F)c1)N2. The second-order valence-electron chi connectivity index (χ2n) is 4.76. The molecule has 2 aromatic rings. The van der Waals surface area contributed by atoms with E-state index in [-0.39, 0.29) is 17.3 Å². The molecule has 7 nitrogen and oxygen atoms in total. The first-order valence-electron chi connectivity index (χ1n) is 6.28. The second kappa shape index (κ2) is 4.95. The number of benzene rings is 1. The molecule has 4 N–H and O–H groups in total.